The Kier molecular flexibility index (Phi) is 4.76. The van der Waals surface area contributed by atoms with E-state index in [0.29, 0.717) is 11.6 Å². The Balaban J connectivity index is 1.67. The Morgan fingerprint density at radius 3 is 2.61 bits per heavy atom. The molecule has 1 aromatic carbocycles. The second-order valence-electron chi connectivity index (χ2n) is 6.09. The van der Waals surface area contributed by atoms with Gasteiger partial charge < -0.3 is 9.80 Å². The zero-order valence-electron chi connectivity index (χ0n) is 13.9. The molecular weight excluding hydrogens is 288 g/mol. The fourth-order valence-electron chi connectivity index (χ4n) is 3.15. The number of amides is 1. The van der Waals surface area contributed by atoms with Gasteiger partial charge in [0.1, 0.15) is 0 Å². The van der Waals surface area contributed by atoms with Crippen LogP contribution in [0.4, 0.5) is 0 Å². The third kappa shape index (κ3) is 3.45. The molecule has 5 heteroatoms. The topological polar surface area (TPSA) is 41.4 Å². The molecule has 1 aliphatic heterocycles. The van der Waals surface area contributed by atoms with Crippen LogP contribution >= 0.6 is 0 Å². The van der Waals surface area contributed by atoms with Gasteiger partial charge in [0.15, 0.2) is 0 Å². The van der Waals surface area contributed by atoms with Crippen LogP contribution in [0.1, 0.15) is 30.1 Å². The summed E-state index contributed by atoms with van der Waals surface area (Å²) in [5, 5.41) is 4.32. The summed E-state index contributed by atoms with van der Waals surface area (Å²) in [4.78, 5) is 17.0. The van der Waals surface area contributed by atoms with Gasteiger partial charge in [-0.15, -0.1) is 0 Å². The third-order valence-electron chi connectivity index (χ3n) is 4.72. The Labute approximate surface area is 137 Å². The number of aromatic nitrogens is 2. The zero-order chi connectivity index (χ0) is 16.2. The Morgan fingerprint density at radius 1 is 1.26 bits per heavy atom. The number of nitrogens with zero attached hydrogens (tertiary/aromatic N) is 4. The van der Waals surface area contributed by atoms with Crippen molar-refractivity contribution in [3.63, 3.8) is 0 Å². The smallest absolute Gasteiger partial charge is 0.257 e. The monoisotopic (exact) mass is 312 g/mol. The predicted octanol–water partition coefficient (Wildman–Crippen LogP) is 2.43. The molecule has 0 N–H and O–H groups in total. The average molecular weight is 312 g/mol. The summed E-state index contributed by atoms with van der Waals surface area (Å²) in [7, 11) is 1.91. The van der Waals surface area contributed by atoms with Crippen molar-refractivity contribution in [1.29, 1.82) is 0 Å². The Bertz CT molecular complexity index is 644. The highest BCUT2D eigenvalue weighted by Gasteiger charge is 2.26. The van der Waals surface area contributed by atoms with E-state index in [1.54, 1.807) is 10.9 Å². The fourth-order valence-corrected chi connectivity index (χ4v) is 3.15. The van der Waals surface area contributed by atoms with Crippen molar-refractivity contribution in [2.45, 2.75) is 25.8 Å². The van der Waals surface area contributed by atoms with Gasteiger partial charge in [0.2, 0.25) is 0 Å². The number of carbonyl (C=O) groups is 1. The lowest BCUT2D eigenvalue weighted by Gasteiger charge is -2.36. The van der Waals surface area contributed by atoms with E-state index in [-0.39, 0.29) is 5.91 Å². The Hall–Kier alpha value is -2.14. The number of piperidine rings is 1. The number of benzene rings is 1. The first-order valence-corrected chi connectivity index (χ1v) is 8.28. The number of carbonyl (C=O) groups excluding carboxylic acids is 1. The Morgan fingerprint density at radius 2 is 1.96 bits per heavy atom. The number of hydrogen-bond acceptors (Lipinski definition) is 3. The minimum Gasteiger partial charge on any atom is -0.339 e. The summed E-state index contributed by atoms with van der Waals surface area (Å²) < 4.78 is 1.75. The molecule has 1 aromatic heterocycles. The lowest BCUT2D eigenvalue weighted by Crippen LogP contribution is -2.45. The van der Waals surface area contributed by atoms with Crippen LogP contribution in [-0.4, -0.2) is 58.2 Å². The molecule has 0 atom stereocenters. The molecule has 2 aromatic rings. The van der Waals surface area contributed by atoms with Gasteiger partial charge in [-0.1, -0.05) is 25.1 Å². The van der Waals surface area contributed by atoms with Gasteiger partial charge in [-0.2, -0.15) is 5.10 Å². The van der Waals surface area contributed by atoms with E-state index < -0.39 is 0 Å². The van der Waals surface area contributed by atoms with Crippen LogP contribution < -0.4 is 0 Å². The van der Waals surface area contributed by atoms with E-state index in [1.165, 1.54) is 0 Å². The van der Waals surface area contributed by atoms with Crippen molar-refractivity contribution < 1.29 is 4.79 Å². The van der Waals surface area contributed by atoms with Gasteiger partial charge in [-0.3, -0.25) is 4.79 Å². The van der Waals surface area contributed by atoms with Crippen molar-refractivity contribution in [3.8, 4) is 5.69 Å². The highest BCUT2D eigenvalue weighted by Crippen LogP contribution is 2.18. The lowest BCUT2D eigenvalue weighted by atomic mass is 10.0. The molecule has 0 spiro atoms. The molecule has 0 radical (unpaired) electrons. The van der Waals surface area contributed by atoms with Gasteiger partial charge in [0.25, 0.3) is 5.91 Å². The molecule has 2 heterocycles. The highest BCUT2D eigenvalue weighted by atomic mass is 16.2. The third-order valence-corrected chi connectivity index (χ3v) is 4.72. The molecule has 0 bridgehead atoms. The molecule has 1 fully saturated rings. The van der Waals surface area contributed by atoms with Crippen LogP contribution in [0.3, 0.4) is 0 Å². The maximum atomic E-state index is 12.7. The molecular formula is C18H24N4O. The molecule has 1 saturated heterocycles. The summed E-state index contributed by atoms with van der Waals surface area (Å²) in [5.41, 5.74) is 1.61. The standard InChI is InChI=1S/C18H24N4O/c1-3-21-11-9-16(10-12-21)20(2)18(23)15-13-19-22(14-15)17-7-5-4-6-8-17/h4-8,13-14,16H,3,9-12H2,1-2H3. The van der Waals surface area contributed by atoms with E-state index in [9.17, 15) is 4.79 Å². The summed E-state index contributed by atoms with van der Waals surface area (Å²) in [6.45, 7) is 5.42. The average Bonchev–Trinajstić information content (AvgIpc) is 3.11. The first-order valence-electron chi connectivity index (χ1n) is 8.28. The van der Waals surface area contributed by atoms with Crippen LogP contribution in [0.5, 0.6) is 0 Å². The summed E-state index contributed by atoms with van der Waals surface area (Å²) in [5.74, 6) is 0.0575. The molecule has 0 unspecified atom stereocenters. The molecule has 23 heavy (non-hydrogen) atoms. The van der Waals surface area contributed by atoms with Crippen molar-refractivity contribution in [1.82, 2.24) is 19.6 Å². The lowest BCUT2D eigenvalue weighted by molar-refractivity contribution is 0.0647. The van der Waals surface area contributed by atoms with Crippen LogP contribution in [0.15, 0.2) is 42.7 Å². The second kappa shape index (κ2) is 6.96. The van der Waals surface area contributed by atoms with Gasteiger partial charge in [-0.05, 0) is 31.5 Å². The fraction of sp³-hybridized carbons (Fsp3) is 0.444. The second-order valence-corrected chi connectivity index (χ2v) is 6.09. The highest BCUT2D eigenvalue weighted by molar-refractivity contribution is 5.93. The minimum atomic E-state index is 0.0575. The SMILES string of the molecule is CCN1CCC(N(C)C(=O)c2cnn(-c3ccccc3)c2)CC1. The first-order chi connectivity index (χ1) is 11.2. The summed E-state index contributed by atoms with van der Waals surface area (Å²) in [6.07, 6.45) is 5.56. The molecule has 5 nitrogen and oxygen atoms in total. The molecule has 3 rings (SSSR count). The predicted molar refractivity (Wildman–Crippen MR) is 90.8 cm³/mol. The van der Waals surface area contributed by atoms with Crippen LogP contribution in [0.2, 0.25) is 0 Å². The van der Waals surface area contributed by atoms with Crippen LogP contribution in [0, 0.1) is 0 Å². The maximum absolute atomic E-state index is 12.7. The van der Waals surface area contributed by atoms with Crippen molar-refractivity contribution in [2.24, 2.45) is 0 Å². The first kappa shape index (κ1) is 15.7. The molecule has 122 valence electrons. The molecule has 0 saturated carbocycles. The summed E-state index contributed by atoms with van der Waals surface area (Å²) in [6, 6.07) is 10.2. The van der Waals surface area contributed by atoms with E-state index in [0.717, 1.165) is 38.2 Å². The minimum absolute atomic E-state index is 0.0575. The van der Waals surface area contributed by atoms with Crippen molar-refractivity contribution in [3.05, 3.63) is 48.3 Å². The number of para-hydroxylation sites is 1. The van der Waals surface area contributed by atoms with Gasteiger partial charge in [0.05, 0.1) is 17.4 Å². The van der Waals surface area contributed by atoms with E-state index in [2.05, 4.69) is 16.9 Å². The van der Waals surface area contributed by atoms with Gasteiger partial charge in [-0.25, -0.2) is 4.68 Å². The van der Waals surface area contributed by atoms with Gasteiger partial charge >= 0.3 is 0 Å². The van der Waals surface area contributed by atoms with E-state index >= 15 is 0 Å². The largest absolute Gasteiger partial charge is 0.339 e. The molecule has 1 aliphatic rings. The van der Waals surface area contributed by atoms with E-state index in [4.69, 9.17) is 0 Å². The normalized spacial score (nSPS) is 16.4. The maximum Gasteiger partial charge on any atom is 0.257 e. The zero-order valence-corrected chi connectivity index (χ0v) is 13.9. The van der Waals surface area contributed by atoms with E-state index in [1.807, 2.05) is 48.5 Å². The van der Waals surface area contributed by atoms with Gasteiger partial charge in [0, 0.05) is 32.4 Å². The van der Waals surface area contributed by atoms with Crippen molar-refractivity contribution >= 4 is 5.91 Å². The van der Waals surface area contributed by atoms with Crippen LogP contribution in [-0.2, 0) is 0 Å². The number of hydrogen-bond donors (Lipinski definition) is 0. The van der Waals surface area contributed by atoms with Crippen LogP contribution in [0.25, 0.3) is 5.69 Å². The number of rotatable bonds is 4. The molecule has 1 amide bonds. The van der Waals surface area contributed by atoms with Crippen molar-refractivity contribution in [2.75, 3.05) is 26.7 Å². The summed E-state index contributed by atoms with van der Waals surface area (Å²) >= 11 is 0. The molecule has 0 aliphatic carbocycles. The quantitative estimate of drug-likeness (QED) is 0.871. The number of likely N-dealkylation sites (tertiary alicyclic amines) is 1.